The number of hydrogen-bond acceptors (Lipinski definition) is 7. The van der Waals surface area contributed by atoms with Crippen molar-refractivity contribution in [3.05, 3.63) is 35.4 Å². The van der Waals surface area contributed by atoms with Gasteiger partial charge in [0.25, 0.3) is 11.8 Å². The van der Waals surface area contributed by atoms with Crippen LogP contribution in [0.5, 0.6) is 0 Å². The highest BCUT2D eigenvalue weighted by Crippen LogP contribution is 2.52. The number of amides is 2. The fourth-order valence-electron chi connectivity index (χ4n) is 2.99. The van der Waals surface area contributed by atoms with Gasteiger partial charge < -0.3 is 9.94 Å². The molecule has 0 aromatic heterocycles. The Hall–Kier alpha value is -1.51. The number of rotatable bonds is 5. The van der Waals surface area contributed by atoms with Crippen molar-refractivity contribution < 1.29 is 24.3 Å². The van der Waals surface area contributed by atoms with E-state index in [4.69, 9.17) is 4.84 Å². The summed E-state index contributed by atoms with van der Waals surface area (Å²) < 4.78 is -0.269. The summed E-state index contributed by atoms with van der Waals surface area (Å²) in [6, 6.07) is 6.49. The molecule has 26 heavy (non-hydrogen) atoms. The number of hydrogen-bond donors (Lipinski definition) is 1. The van der Waals surface area contributed by atoms with E-state index in [0.717, 1.165) is 29.9 Å². The molecule has 0 radical (unpaired) electrons. The third-order valence-corrected chi connectivity index (χ3v) is 8.23. The van der Waals surface area contributed by atoms with Crippen molar-refractivity contribution in [1.29, 1.82) is 0 Å². The normalized spacial score (nSPS) is 20.9. The molecular weight excluding hydrogens is 374 g/mol. The van der Waals surface area contributed by atoms with Gasteiger partial charge in [0, 0.05) is 12.8 Å². The van der Waals surface area contributed by atoms with Crippen LogP contribution in [0.1, 0.15) is 54.6 Å². The molecule has 0 saturated carbocycles. The Morgan fingerprint density at radius 3 is 2.31 bits per heavy atom. The van der Waals surface area contributed by atoms with Crippen LogP contribution in [-0.2, 0) is 14.4 Å². The van der Waals surface area contributed by atoms with Crippen LogP contribution in [0.2, 0.25) is 0 Å². The van der Waals surface area contributed by atoms with E-state index in [1.165, 1.54) is 0 Å². The zero-order valence-electron chi connectivity index (χ0n) is 14.5. The Labute approximate surface area is 160 Å². The van der Waals surface area contributed by atoms with Gasteiger partial charge in [0.05, 0.1) is 9.64 Å². The summed E-state index contributed by atoms with van der Waals surface area (Å²) in [5, 5.41) is 11.4. The summed E-state index contributed by atoms with van der Waals surface area (Å²) in [5.41, 5.74) is 0.960. The van der Waals surface area contributed by atoms with Crippen LogP contribution in [0.3, 0.4) is 0 Å². The average Bonchev–Trinajstić information content (AvgIpc) is 3.00. The molecule has 2 amide bonds. The van der Waals surface area contributed by atoms with E-state index in [2.05, 4.69) is 6.92 Å². The molecule has 2 saturated heterocycles. The van der Waals surface area contributed by atoms with E-state index in [0.29, 0.717) is 5.06 Å². The van der Waals surface area contributed by atoms with Crippen molar-refractivity contribution in [2.24, 2.45) is 0 Å². The Kier molecular flexibility index (Phi) is 5.94. The predicted molar refractivity (Wildman–Crippen MR) is 100 cm³/mol. The largest absolute Gasteiger partial charge is 0.386 e. The summed E-state index contributed by atoms with van der Waals surface area (Å²) in [6.45, 7) is 2.07. The number of imide groups is 1. The SMILES string of the molecule is CCC1(C(O)c2ccc(C(=O)ON3C(=O)CCC3=O)cc2)SCCCS1. The van der Waals surface area contributed by atoms with Gasteiger partial charge in [-0.3, -0.25) is 9.59 Å². The maximum atomic E-state index is 12.2. The van der Waals surface area contributed by atoms with E-state index in [1.54, 1.807) is 47.8 Å². The highest BCUT2D eigenvalue weighted by Gasteiger charge is 2.40. The van der Waals surface area contributed by atoms with Crippen LogP contribution in [0, 0.1) is 0 Å². The Bertz CT molecular complexity index is 684. The predicted octanol–water partition coefficient (Wildman–Crippen LogP) is 2.92. The molecule has 140 valence electrons. The van der Waals surface area contributed by atoms with Gasteiger partial charge in [-0.05, 0) is 42.0 Å². The minimum Gasteiger partial charge on any atom is -0.386 e. The van der Waals surface area contributed by atoms with Gasteiger partial charge in [-0.25, -0.2) is 4.79 Å². The minimum absolute atomic E-state index is 0.0612. The van der Waals surface area contributed by atoms with Crippen LogP contribution in [-0.4, -0.2) is 43.5 Å². The van der Waals surface area contributed by atoms with E-state index in [-0.39, 0.29) is 22.5 Å². The first-order valence-corrected chi connectivity index (χ1v) is 10.6. The van der Waals surface area contributed by atoms with Crippen molar-refractivity contribution >= 4 is 41.3 Å². The lowest BCUT2D eigenvalue weighted by molar-refractivity contribution is -0.172. The second-order valence-corrected chi connectivity index (χ2v) is 9.31. The zero-order chi connectivity index (χ0) is 18.7. The first kappa shape index (κ1) is 19.3. The number of aliphatic hydroxyl groups is 1. The van der Waals surface area contributed by atoms with Gasteiger partial charge in [0.2, 0.25) is 0 Å². The lowest BCUT2D eigenvalue weighted by atomic mass is 10.0. The number of aliphatic hydroxyl groups excluding tert-OH is 1. The lowest BCUT2D eigenvalue weighted by Crippen LogP contribution is -2.32. The number of benzene rings is 1. The van der Waals surface area contributed by atoms with Gasteiger partial charge in [0.15, 0.2) is 0 Å². The summed E-state index contributed by atoms with van der Waals surface area (Å²) in [5.74, 6) is 0.278. The lowest BCUT2D eigenvalue weighted by Gasteiger charge is -2.39. The Morgan fingerprint density at radius 2 is 1.77 bits per heavy atom. The van der Waals surface area contributed by atoms with Crippen molar-refractivity contribution in [3.8, 4) is 0 Å². The molecule has 0 spiro atoms. The third-order valence-electron chi connectivity index (χ3n) is 4.53. The topological polar surface area (TPSA) is 83.9 Å². The molecule has 2 fully saturated rings. The Balaban J connectivity index is 1.70. The van der Waals surface area contributed by atoms with Gasteiger partial charge in [-0.2, -0.15) is 0 Å². The maximum absolute atomic E-state index is 12.2. The first-order valence-electron chi connectivity index (χ1n) is 8.61. The van der Waals surface area contributed by atoms with Gasteiger partial charge in [-0.1, -0.05) is 19.1 Å². The van der Waals surface area contributed by atoms with E-state index in [9.17, 15) is 19.5 Å². The molecule has 1 aromatic rings. The van der Waals surface area contributed by atoms with Crippen LogP contribution in [0.4, 0.5) is 0 Å². The van der Waals surface area contributed by atoms with Crippen LogP contribution >= 0.6 is 23.5 Å². The molecule has 0 aliphatic carbocycles. The summed E-state index contributed by atoms with van der Waals surface area (Å²) in [6.07, 6.45) is 1.46. The van der Waals surface area contributed by atoms with Gasteiger partial charge >= 0.3 is 5.97 Å². The average molecular weight is 396 g/mol. The molecule has 1 aromatic carbocycles. The number of nitrogens with zero attached hydrogens (tertiary/aromatic N) is 1. The second kappa shape index (κ2) is 8.02. The van der Waals surface area contributed by atoms with E-state index >= 15 is 0 Å². The minimum atomic E-state index is -0.763. The quantitative estimate of drug-likeness (QED) is 0.768. The third kappa shape index (κ3) is 3.77. The van der Waals surface area contributed by atoms with Crippen LogP contribution < -0.4 is 0 Å². The summed E-state index contributed by atoms with van der Waals surface area (Å²) >= 11 is 3.57. The monoisotopic (exact) mass is 395 g/mol. The van der Waals surface area contributed by atoms with E-state index in [1.807, 2.05) is 0 Å². The molecule has 6 nitrogen and oxygen atoms in total. The second-order valence-electron chi connectivity index (χ2n) is 6.20. The first-order chi connectivity index (χ1) is 12.5. The Morgan fingerprint density at radius 1 is 1.19 bits per heavy atom. The van der Waals surface area contributed by atoms with Gasteiger partial charge in [-0.15, -0.1) is 28.6 Å². The molecular formula is C18H21NO5S2. The molecule has 2 heterocycles. The summed E-state index contributed by atoms with van der Waals surface area (Å²) in [4.78, 5) is 40.1. The number of hydroxylamine groups is 2. The smallest absolute Gasteiger partial charge is 0.363 e. The highest BCUT2D eigenvalue weighted by atomic mass is 32.2. The molecule has 1 unspecified atom stereocenters. The summed E-state index contributed by atoms with van der Waals surface area (Å²) in [7, 11) is 0. The van der Waals surface area contributed by atoms with Gasteiger partial charge in [0.1, 0.15) is 6.10 Å². The van der Waals surface area contributed by atoms with Crippen molar-refractivity contribution in [3.63, 3.8) is 0 Å². The van der Waals surface area contributed by atoms with Crippen molar-refractivity contribution in [2.45, 2.75) is 42.8 Å². The molecule has 2 aliphatic rings. The van der Waals surface area contributed by atoms with E-state index < -0.39 is 23.9 Å². The standard InChI is InChI=1S/C18H21NO5S2/c1-2-18(25-10-3-11-26-18)16(22)12-4-6-13(7-5-12)17(23)24-19-14(20)8-9-15(19)21/h4-7,16,22H,2-3,8-11H2,1H3. The molecule has 2 aliphatic heterocycles. The number of thioether (sulfide) groups is 2. The van der Waals surface area contributed by atoms with Crippen LogP contribution in [0.25, 0.3) is 0 Å². The molecule has 0 bridgehead atoms. The van der Waals surface area contributed by atoms with Crippen LogP contribution in [0.15, 0.2) is 24.3 Å². The number of carbonyl (C=O) groups excluding carboxylic acids is 3. The molecule has 3 rings (SSSR count). The maximum Gasteiger partial charge on any atom is 0.363 e. The van der Waals surface area contributed by atoms with Crippen molar-refractivity contribution in [1.82, 2.24) is 5.06 Å². The molecule has 8 heteroatoms. The molecule has 1 N–H and O–H groups in total. The van der Waals surface area contributed by atoms with Crippen molar-refractivity contribution in [2.75, 3.05) is 11.5 Å². The number of carbonyl (C=O) groups is 3. The zero-order valence-corrected chi connectivity index (χ0v) is 16.1. The molecule has 1 atom stereocenters. The highest BCUT2D eigenvalue weighted by molar-refractivity contribution is 8.18. The fraction of sp³-hybridized carbons (Fsp3) is 0.500. The fourth-order valence-corrected chi connectivity index (χ4v) is 6.28.